The number of aryl methyl sites for hydroxylation is 1. The first-order chi connectivity index (χ1) is 18.4. The zero-order chi connectivity index (χ0) is 27.1. The number of rotatable bonds is 11. The van der Waals surface area contributed by atoms with Gasteiger partial charge >= 0.3 is 0 Å². The van der Waals surface area contributed by atoms with E-state index in [-0.39, 0.29) is 17.2 Å². The summed E-state index contributed by atoms with van der Waals surface area (Å²) in [6.45, 7) is 2.08. The number of nitrogens with one attached hydrogen (secondary N) is 2. The van der Waals surface area contributed by atoms with E-state index in [1.54, 1.807) is 45.0 Å². The molecule has 0 unspecified atom stereocenters. The summed E-state index contributed by atoms with van der Waals surface area (Å²) in [5.41, 5.74) is 4.39. The van der Waals surface area contributed by atoms with Gasteiger partial charge in [0.2, 0.25) is 0 Å². The molecule has 4 aromatic rings. The number of nitro benzene ring substituents is 1. The Hall–Kier alpha value is -4.31. The molecule has 196 valence electrons. The normalized spacial score (nSPS) is 10.7. The molecule has 0 aliphatic heterocycles. The monoisotopic (exact) mass is 532 g/mol. The van der Waals surface area contributed by atoms with Gasteiger partial charge in [0.25, 0.3) is 11.6 Å². The molecule has 0 aliphatic carbocycles. The molecule has 0 fully saturated rings. The number of aromatic nitrogens is 2. The van der Waals surface area contributed by atoms with Crippen LogP contribution in [0.15, 0.2) is 71.9 Å². The van der Waals surface area contributed by atoms with Gasteiger partial charge in [-0.3, -0.25) is 14.9 Å². The van der Waals surface area contributed by atoms with Crippen LogP contribution in [0, 0.1) is 17.0 Å². The molecule has 3 aromatic carbocycles. The van der Waals surface area contributed by atoms with Crippen molar-refractivity contribution in [3.63, 3.8) is 0 Å². The highest BCUT2D eigenvalue weighted by molar-refractivity contribution is 7.99. The predicted molar refractivity (Wildman–Crippen MR) is 148 cm³/mol. The number of nitro groups is 1. The quantitative estimate of drug-likeness (QED) is 0.107. The molecule has 4 rings (SSSR count). The zero-order valence-electron chi connectivity index (χ0n) is 21.3. The number of hydrogen-bond donors (Lipinski definition) is 2. The minimum Gasteiger partial charge on any atom is -0.497 e. The second-order valence-corrected chi connectivity index (χ2v) is 9.52. The summed E-state index contributed by atoms with van der Waals surface area (Å²) in [7, 11) is 3.27. The molecular formula is C28H28N4O5S. The van der Waals surface area contributed by atoms with Gasteiger partial charge in [0.05, 0.1) is 30.5 Å². The molecule has 0 radical (unpaired) electrons. The number of nitrogens with zero attached hydrogens (tertiary/aromatic N) is 2. The van der Waals surface area contributed by atoms with Crippen LogP contribution >= 0.6 is 11.8 Å². The van der Waals surface area contributed by atoms with E-state index in [2.05, 4.69) is 10.3 Å². The highest BCUT2D eigenvalue weighted by Crippen LogP contribution is 2.34. The van der Waals surface area contributed by atoms with Crippen molar-refractivity contribution in [1.82, 2.24) is 15.3 Å². The predicted octanol–water partition coefficient (Wildman–Crippen LogP) is 5.89. The molecule has 0 bridgehead atoms. The van der Waals surface area contributed by atoms with Gasteiger partial charge in [0, 0.05) is 40.6 Å². The number of imidazole rings is 1. The van der Waals surface area contributed by atoms with E-state index in [9.17, 15) is 14.9 Å². The Labute approximate surface area is 224 Å². The molecule has 1 aromatic heterocycles. The Balaban J connectivity index is 1.41. The Morgan fingerprint density at radius 2 is 1.63 bits per heavy atom. The van der Waals surface area contributed by atoms with Crippen LogP contribution < -0.4 is 14.8 Å². The number of carbonyl (C=O) groups excluding carboxylic acids is 1. The third-order valence-corrected chi connectivity index (χ3v) is 6.90. The van der Waals surface area contributed by atoms with Crippen molar-refractivity contribution in [3.8, 4) is 34.0 Å². The van der Waals surface area contributed by atoms with E-state index in [4.69, 9.17) is 14.5 Å². The van der Waals surface area contributed by atoms with Crippen LogP contribution in [0.4, 0.5) is 5.69 Å². The maximum atomic E-state index is 12.4. The molecule has 0 spiro atoms. The highest BCUT2D eigenvalue weighted by Gasteiger charge is 2.16. The van der Waals surface area contributed by atoms with Crippen LogP contribution in [0.5, 0.6) is 11.5 Å². The topological polar surface area (TPSA) is 119 Å². The summed E-state index contributed by atoms with van der Waals surface area (Å²) in [4.78, 5) is 31.4. The Kier molecular flexibility index (Phi) is 8.65. The molecule has 1 amide bonds. The van der Waals surface area contributed by atoms with E-state index < -0.39 is 4.92 Å². The van der Waals surface area contributed by atoms with Gasteiger partial charge < -0.3 is 19.8 Å². The van der Waals surface area contributed by atoms with Crippen molar-refractivity contribution in [3.05, 3.63) is 88.0 Å². The van der Waals surface area contributed by atoms with Crippen LogP contribution in [0.1, 0.15) is 22.3 Å². The zero-order valence-corrected chi connectivity index (χ0v) is 22.1. The van der Waals surface area contributed by atoms with Crippen molar-refractivity contribution in [1.29, 1.82) is 0 Å². The minimum atomic E-state index is -0.480. The molecule has 10 heteroatoms. The average molecular weight is 533 g/mol. The first-order valence-electron chi connectivity index (χ1n) is 11.9. The first kappa shape index (κ1) is 26.7. The van der Waals surface area contributed by atoms with Gasteiger partial charge in [-0.25, -0.2) is 4.98 Å². The van der Waals surface area contributed by atoms with Crippen molar-refractivity contribution < 1.29 is 19.2 Å². The minimum absolute atomic E-state index is 0.0636. The SMILES string of the molecule is COc1ccc(-c2nc(SCCCNC(=O)c3ccc(C)c([N+](=O)[O-])c3)[nH]c2-c2ccc(OC)cc2)cc1. The van der Waals surface area contributed by atoms with Gasteiger partial charge in [-0.05, 0) is 67.9 Å². The van der Waals surface area contributed by atoms with Crippen molar-refractivity contribution in [2.45, 2.75) is 18.5 Å². The van der Waals surface area contributed by atoms with Crippen LogP contribution in [0.2, 0.25) is 0 Å². The number of thioether (sulfide) groups is 1. The van der Waals surface area contributed by atoms with Gasteiger partial charge in [0.15, 0.2) is 5.16 Å². The Morgan fingerprint density at radius 1 is 1.00 bits per heavy atom. The van der Waals surface area contributed by atoms with Crippen molar-refractivity contribution in [2.75, 3.05) is 26.5 Å². The van der Waals surface area contributed by atoms with Crippen LogP contribution in [0.3, 0.4) is 0 Å². The lowest BCUT2D eigenvalue weighted by Gasteiger charge is -2.06. The number of aromatic amines is 1. The molecule has 38 heavy (non-hydrogen) atoms. The van der Waals surface area contributed by atoms with Gasteiger partial charge in [0.1, 0.15) is 11.5 Å². The van der Waals surface area contributed by atoms with Gasteiger partial charge in [-0.1, -0.05) is 17.8 Å². The van der Waals surface area contributed by atoms with Crippen molar-refractivity contribution in [2.24, 2.45) is 0 Å². The molecule has 2 N–H and O–H groups in total. The highest BCUT2D eigenvalue weighted by atomic mass is 32.2. The lowest BCUT2D eigenvalue weighted by atomic mass is 10.0. The van der Waals surface area contributed by atoms with E-state index in [0.29, 0.717) is 24.3 Å². The summed E-state index contributed by atoms with van der Waals surface area (Å²) < 4.78 is 10.6. The van der Waals surface area contributed by atoms with Crippen LogP contribution in [0.25, 0.3) is 22.5 Å². The van der Waals surface area contributed by atoms with Crippen LogP contribution in [-0.4, -0.2) is 47.3 Å². The Morgan fingerprint density at radius 3 is 2.24 bits per heavy atom. The fourth-order valence-corrected chi connectivity index (χ4v) is 4.65. The number of methoxy groups -OCH3 is 2. The lowest BCUT2D eigenvalue weighted by molar-refractivity contribution is -0.385. The Bertz CT molecular complexity index is 1350. The van der Waals surface area contributed by atoms with Gasteiger partial charge in [-0.2, -0.15) is 0 Å². The van der Waals surface area contributed by atoms with Crippen molar-refractivity contribution >= 4 is 23.4 Å². The number of H-pyrrole nitrogens is 1. The number of ether oxygens (including phenoxy) is 2. The summed E-state index contributed by atoms with van der Waals surface area (Å²) >= 11 is 1.56. The second-order valence-electron chi connectivity index (χ2n) is 8.44. The molecule has 0 atom stereocenters. The maximum Gasteiger partial charge on any atom is 0.273 e. The molecular weight excluding hydrogens is 504 g/mol. The molecule has 0 saturated carbocycles. The van der Waals surface area contributed by atoms with E-state index in [0.717, 1.165) is 39.2 Å². The number of carbonyl (C=O) groups is 1. The average Bonchev–Trinajstić information content (AvgIpc) is 3.37. The largest absolute Gasteiger partial charge is 0.497 e. The fourth-order valence-electron chi connectivity index (χ4n) is 3.84. The molecule has 1 heterocycles. The fraction of sp³-hybridized carbons (Fsp3) is 0.214. The first-order valence-corrected chi connectivity index (χ1v) is 12.9. The standard InChI is InChI=1S/C28H28N4O5S/c1-18-5-6-21(17-24(18)32(34)35)27(33)29-15-4-16-38-28-30-25(19-7-11-22(36-2)12-8-19)26(31-28)20-9-13-23(37-3)14-10-20/h5-14,17H,4,15-16H2,1-3H3,(H,29,33)(H,30,31). The number of benzene rings is 3. The molecule has 0 saturated heterocycles. The van der Waals surface area contributed by atoms with E-state index >= 15 is 0 Å². The summed E-state index contributed by atoms with van der Waals surface area (Å²) in [5, 5.41) is 14.7. The third-order valence-electron chi connectivity index (χ3n) is 5.94. The van der Waals surface area contributed by atoms with Crippen LogP contribution in [-0.2, 0) is 0 Å². The maximum absolute atomic E-state index is 12.4. The smallest absolute Gasteiger partial charge is 0.273 e. The third kappa shape index (κ3) is 6.33. The lowest BCUT2D eigenvalue weighted by Crippen LogP contribution is -2.24. The molecule has 9 nitrogen and oxygen atoms in total. The van der Waals surface area contributed by atoms with Gasteiger partial charge in [-0.15, -0.1) is 0 Å². The number of amides is 1. The summed E-state index contributed by atoms with van der Waals surface area (Å²) in [6, 6.07) is 20.0. The summed E-state index contributed by atoms with van der Waals surface area (Å²) in [6.07, 6.45) is 0.695. The summed E-state index contributed by atoms with van der Waals surface area (Å²) in [5.74, 6) is 1.93. The number of hydrogen-bond acceptors (Lipinski definition) is 7. The second kappa shape index (κ2) is 12.3. The van der Waals surface area contributed by atoms with E-state index in [1.165, 1.54) is 6.07 Å². The van der Waals surface area contributed by atoms with E-state index in [1.807, 2.05) is 48.5 Å². The molecule has 0 aliphatic rings.